The highest BCUT2D eigenvalue weighted by molar-refractivity contribution is 5.94. The molecule has 0 aliphatic carbocycles. The minimum absolute atomic E-state index is 0.0639. The number of carbonyl (C=O) groups is 2. The molecule has 1 aromatic carbocycles. The number of likely N-dealkylation sites (tertiary alicyclic amines) is 1. The van der Waals surface area contributed by atoms with Gasteiger partial charge < -0.3 is 15.0 Å². The van der Waals surface area contributed by atoms with Crippen molar-refractivity contribution < 1.29 is 14.3 Å². The van der Waals surface area contributed by atoms with Gasteiger partial charge in [0, 0.05) is 24.7 Å². The summed E-state index contributed by atoms with van der Waals surface area (Å²) in [6.45, 7) is 3.48. The number of piperidine rings is 1. The first kappa shape index (κ1) is 16.0. The fraction of sp³-hybridized carbons (Fsp3) is 0.438. The summed E-state index contributed by atoms with van der Waals surface area (Å²) in [6.07, 6.45) is 0.266. The molecule has 1 heterocycles. The van der Waals surface area contributed by atoms with E-state index in [1.165, 1.54) is 7.11 Å². The van der Waals surface area contributed by atoms with Crippen molar-refractivity contribution in [3.63, 3.8) is 0 Å². The molecular formula is C16H21N3O3. The lowest BCUT2D eigenvalue weighted by Crippen LogP contribution is -2.56. The molecule has 0 bridgehead atoms. The third-order valence-electron chi connectivity index (χ3n) is 3.75. The Balaban J connectivity index is 2.14. The van der Waals surface area contributed by atoms with E-state index in [0.29, 0.717) is 26.0 Å². The monoisotopic (exact) mass is 303 g/mol. The summed E-state index contributed by atoms with van der Waals surface area (Å²) in [6, 6.07) is 9.66. The SMILES string of the molecule is COC(=O)N1CC(C)C(=NCc2ccccc2)C(NC=O)C1. The molecule has 0 radical (unpaired) electrons. The number of ether oxygens (including phenoxy) is 1. The van der Waals surface area contributed by atoms with Crippen LogP contribution in [0.3, 0.4) is 0 Å². The van der Waals surface area contributed by atoms with Crippen molar-refractivity contribution in [2.24, 2.45) is 10.9 Å². The number of nitrogens with one attached hydrogen (secondary N) is 1. The van der Waals surface area contributed by atoms with Gasteiger partial charge in [-0.2, -0.15) is 0 Å². The zero-order valence-electron chi connectivity index (χ0n) is 12.9. The van der Waals surface area contributed by atoms with Crippen LogP contribution in [0.5, 0.6) is 0 Å². The average molecular weight is 303 g/mol. The molecule has 1 aromatic rings. The van der Waals surface area contributed by atoms with Gasteiger partial charge in [0.25, 0.3) is 0 Å². The molecule has 118 valence electrons. The van der Waals surface area contributed by atoms with Crippen LogP contribution in [0.15, 0.2) is 35.3 Å². The second-order valence-electron chi connectivity index (χ2n) is 5.34. The topological polar surface area (TPSA) is 71.0 Å². The molecule has 2 amide bonds. The number of hydrogen-bond donors (Lipinski definition) is 1. The smallest absolute Gasteiger partial charge is 0.409 e. The number of methoxy groups -OCH3 is 1. The van der Waals surface area contributed by atoms with Crippen molar-refractivity contribution in [2.75, 3.05) is 20.2 Å². The van der Waals surface area contributed by atoms with Crippen LogP contribution in [0.25, 0.3) is 0 Å². The number of amides is 2. The Bertz CT molecular complexity index is 545. The van der Waals surface area contributed by atoms with Gasteiger partial charge in [0.05, 0.1) is 19.7 Å². The zero-order valence-corrected chi connectivity index (χ0v) is 12.9. The van der Waals surface area contributed by atoms with Gasteiger partial charge in [0.15, 0.2) is 0 Å². The van der Waals surface area contributed by atoms with E-state index in [4.69, 9.17) is 4.74 Å². The maximum Gasteiger partial charge on any atom is 0.409 e. The van der Waals surface area contributed by atoms with Crippen molar-refractivity contribution in [1.82, 2.24) is 10.2 Å². The molecule has 1 fully saturated rings. The first-order chi connectivity index (χ1) is 10.7. The Morgan fingerprint density at radius 1 is 1.41 bits per heavy atom. The van der Waals surface area contributed by atoms with E-state index in [1.807, 2.05) is 37.3 Å². The number of hydrogen-bond acceptors (Lipinski definition) is 4. The maximum absolute atomic E-state index is 11.7. The third-order valence-corrected chi connectivity index (χ3v) is 3.75. The minimum atomic E-state index is -0.383. The molecule has 2 rings (SSSR count). The highest BCUT2D eigenvalue weighted by Crippen LogP contribution is 2.16. The molecule has 1 aliphatic heterocycles. The highest BCUT2D eigenvalue weighted by atomic mass is 16.5. The van der Waals surface area contributed by atoms with Crippen LogP contribution in [0, 0.1) is 5.92 Å². The fourth-order valence-electron chi connectivity index (χ4n) is 2.69. The van der Waals surface area contributed by atoms with Crippen LogP contribution in [0.4, 0.5) is 4.79 Å². The van der Waals surface area contributed by atoms with Gasteiger partial charge in [0.1, 0.15) is 0 Å². The number of benzene rings is 1. The van der Waals surface area contributed by atoms with Crippen LogP contribution in [-0.2, 0) is 16.1 Å². The van der Waals surface area contributed by atoms with Gasteiger partial charge in [-0.25, -0.2) is 4.79 Å². The minimum Gasteiger partial charge on any atom is -0.453 e. The van der Waals surface area contributed by atoms with E-state index in [-0.39, 0.29) is 18.1 Å². The molecule has 0 saturated carbocycles. The predicted molar refractivity (Wildman–Crippen MR) is 83.7 cm³/mol. The Hall–Kier alpha value is -2.37. The van der Waals surface area contributed by atoms with Gasteiger partial charge in [-0.15, -0.1) is 0 Å². The number of carbonyl (C=O) groups excluding carboxylic acids is 2. The van der Waals surface area contributed by atoms with Crippen LogP contribution in [0.2, 0.25) is 0 Å². The molecule has 2 atom stereocenters. The van der Waals surface area contributed by atoms with Crippen molar-refractivity contribution >= 4 is 18.2 Å². The summed E-state index contributed by atoms with van der Waals surface area (Å²) in [5.74, 6) is 0.0639. The summed E-state index contributed by atoms with van der Waals surface area (Å²) in [5, 5.41) is 2.75. The standard InChI is InChI=1S/C16H21N3O3/c1-12-9-19(16(21)22-2)10-14(18-11-20)15(12)17-8-13-6-4-3-5-7-13/h3-7,11-12,14H,8-10H2,1-2H3,(H,18,20). The largest absolute Gasteiger partial charge is 0.453 e. The number of nitrogens with zero attached hydrogens (tertiary/aromatic N) is 2. The number of rotatable bonds is 4. The molecule has 1 aliphatic rings. The summed E-state index contributed by atoms with van der Waals surface area (Å²) in [5.41, 5.74) is 2.03. The van der Waals surface area contributed by atoms with Crippen LogP contribution in [-0.4, -0.2) is 49.4 Å². The first-order valence-corrected chi connectivity index (χ1v) is 7.26. The Labute approximate surface area is 130 Å². The fourth-order valence-corrected chi connectivity index (χ4v) is 2.69. The van der Waals surface area contributed by atoms with E-state index in [1.54, 1.807) is 4.90 Å². The Morgan fingerprint density at radius 3 is 2.77 bits per heavy atom. The average Bonchev–Trinajstić information content (AvgIpc) is 2.54. The van der Waals surface area contributed by atoms with E-state index < -0.39 is 0 Å². The van der Waals surface area contributed by atoms with Gasteiger partial charge in [0.2, 0.25) is 6.41 Å². The predicted octanol–water partition coefficient (Wildman–Crippen LogP) is 1.46. The van der Waals surface area contributed by atoms with Gasteiger partial charge in [-0.05, 0) is 5.56 Å². The van der Waals surface area contributed by atoms with E-state index in [2.05, 4.69) is 10.3 Å². The van der Waals surface area contributed by atoms with Crippen molar-refractivity contribution in [2.45, 2.75) is 19.5 Å². The summed E-state index contributed by atoms with van der Waals surface area (Å²) >= 11 is 0. The van der Waals surface area contributed by atoms with Crippen LogP contribution in [0.1, 0.15) is 12.5 Å². The molecule has 1 saturated heterocycles. The second-order valence-corrected chi connectivity index (χ2v) is 5.34. The molecule has 0 aromatic heterocycles. The molecule has 2 unspecified atom stereocenters. The summed E-state index contributed by atoms with van der Waals surface area (Å²) in [7, 11) is 1.36. The highest BCUT2D eigenvalue weighted by Gasteiger charge is 2.33. The summed E-state index contributed by atoms with van der Waals surface area (Å²) < 4.78 is 4.76. The normalized spacial score (nSPS) is 23.2. The van der Waals surface area contributed by atoms with Crippen LogP contribution >= 0.6 is 0 Å². The summed E-state index contributed by atoms with van der Waals surface area (Å²) in [4.78, 5) is 28.8. The molecule has 6 nitrogen and oxygen atoms in total. The maximum atomic E-state index is 11.7. The Morgan fingerprint density at radius 2 is 2.14 bits per heavy atom. The van der Waals surface area contributed by atoms with Crippen molar-refractivity contribution in [3.05, 3.63) is 35.9 Å². The first-order valence-electron chi connectivity index (χ1n) is 7.26. The lowest BCUT2D eigenvalue weighted by Gasteiger charge is -2.36. The second kappa shape index (κ2) is 7.59. The van der Waals surface area contributed by atoms with Crippen molar-refractivity contribution in [3.8, 4) is 0 Å². The van der Waals surface area contributed by atoms with E-state index in [0.717, 1.165) is 11.3 Å². The third kappa shape index (κ3) is 3.84. The lowest BCUT2D eigenvalue weighted by atomic mass is 9.93. The molecule has 22 heavy (non-hydrogen) atoms. The molecule has 6 heteroatoms. The van der Waals surface area contributed by atoms with Gasteiger partial charge >= 0.3 is 6.09 Å². The Kier molecular flexibility index (Phi) is 5.52. The number of aliphatic imine (C=N–C) groups is 1. The van der Waals surface area contributed by atoms with Crippen molar-refractivity contribution in [1.29, 1.82) is 0 Å². The van der Waals surface area contributed by atoms with Gasteiger partial charge in [-0.1, -0.05) is 37.3 Å². The van der Waals surface area contributed by atoms with E-state index >= 15 is 0 Å². The molecule has 0 spiro atoms. The van der Waals surface area contributed by atoms with Gasteiger partial charge in [-0.3, -0.25) is 9.79 Å². The lowest BCUT2D eigenvalue weighted by molar-refractivity contribution is -0.110. The van der Waals surface area contributed by atoms with E-state index in [9.17, 15) is 9.59 Å². The zero-order chi connectivity index (χ0) is 15.9. The molecular weight excluding hydrogens is 282 g/mol. The molecule has 1 N–H and O–H groups in total. The van der Waals surface area contributed by atoms with Crippen LogP contribution < -0.4 is 5.32 Å². The quantitative estimate of drug-likeness (QED) is 0.856.